The highest BCUT2D eigenvalue weighted by Crippen LogP contribution is 2.59. The maximum atomic E-state index is 5.78. The van der Waals surface area contributed by atoms with E-state index in [-0.39, 0.29) is 11.3 Å². The summed E-state index contributed by atoms with van der Waals surface area (Å²) < 4.78 is 0. The van der Waals surface area contributed by atoms with Crippen molar-refractivity contribution in [2.75, 3.05) is 0 Å². The summed E-state index contributed by atoms with van der Waals surface area (Å²) in [5.41, 5.74) is 1.42. The van der Waals surface area contributed by atoms with E-state index in [0.717, 1.165) is 6.42 Å². The lowest BCUT2D eigenvalue weighted by atomic mass is 10.00. The van der Waals surface area contributed by atoms with Gasteiger partial charge in [0.05, 0.1) is 0 Å². The van der Waals surface area contributed by atoms with Crippen molar-refractivity contribution in [2.24, 2.45) is 0 Å². The van der Waals surface area contributed by atoms with Gasteiger partial charge in [-0.15, -0.1) is 5.06 Å². The van der Waals surface area contributed by atoms with E-state index in [0.29, 0.717) is 0 Å². The van der Waals surface area contributed by atoms with E-state index in [2.05, 4.69) is 43.2 Å². The number of fused-ring (bicyclic) bond motifs is 1. The van der Waals surface area contributed by atoms with Crippen molar-refractivity contribution in [2.45, 2.75) is 38.0 Å². The lowest BCUT2D eigenvalue weighted by Gasteiger charge is -2.17. The van der Waals surface area contributed by atoms with E-state index in [1.54, 1.807) is 0 Å². The molecule has 0 aliphatic carbocycles. The molecule has 0 amide bonds. The minimum absolute atomic E-state index is 0.0786. The predicted octanol–water partition coefficient (Wildman–Crippen LogP) is 2.66. The molecule has 0 radical (unpaired) electrons. The molecule has 2 aliphatic rings. The van der Waals surface area contributed by atoms with Crippen molar-refractivity contribution >= 4 is 0 Å². The number of hydrogen-bond donors (Lipinski definition) is 0. The summed E-state index contributed by atoms with van der Waals surface area (Å²) >= 11 is 0. The molecule has 0 saturated carbocycles. The van der Waals surface area contributed by atoms with Crippen molar-refractivity contribution in [3.8, 4) is 0 Å². The Bertz CT molecular complexity index is 360. The van der Waals surface area contributed by atoms with Crippen LogP contribution in [-0.2, 0) is 10.6 Å². The molecule has 2 nitrogen and oxygen atoms in total. The van der Waals surface area contributed by atoms with E-state index in [1.165, 1.54) is 12.0 Å². The Balaban J connectivity index is 1.97. The second-order valence-electron chi connectivity index (χ2n) is 4.85. The molecule has 2 atom stereocenters. The fourth-order valence-electron chi connectivity index (χ4n) is 2.48. The molecule has 14 heavy (non-hydrogen) atoms. The number of hydrogen-bond acceptors (Lipinski definition) is 2. The van der Waals surface area contributed by atoms with Crippen molar-refractivity contribution < 1.29 is 4.84 Å². The second kappa shape index (κ2) is 2.38. The smallest absolute Gasteiger partial charge is 0.190 e. The molecule has 74 valence electrons. The fraction of sp³-hybridized carbons (Fsp3) is 0.500. The van der Waals surface area contributed by atoms with Gasteiger partial charge >= 0.3 is 0 Å². The molecule has 2 fully saturated rings. The molecule has 1 aromatic carbocycles. The van der Waals surface area contributed by atoms with Crippen LogP contribution in [0.25, 0.3) is 0 Å². The predicted molar refractivity (Wildman–Crippen MR) is 54.4 cm³/mol. The number of nitrogens with zero attached hydrogens (tertiary/aromatic N) is 1. The number of hydroxylamine groups is 2. The van der Waals surface area contributed by atoms with Gasteiger partial charge in [-0.05, 0) is 20.3 Å². The van der Waals surface area contributed by atoms with Crippen LogP contribution >= 0.6 is 0 Å². The van der Waals surface area contributed by atoms with Crippen molar-refractivity contribution in [3.05, 3.63) is 35.9 Å². The first-order valence-electron chi connectivity index (χ1n) is 5.20. The maximum absolute atomic E-state index is 5.78. The summed E-state index contributed by atoms with van der Waals surface area (Å²) in [5.74, 6) is 0. The molecule has 0 N–H and O–H groups in total. The Hall–Kier alpha value is -0.860. The Labute approximate surface area is 84.4 Å². The number of benzene rings is 1. The molecule has 2 saturated heterocycles. The monoisotopic (exact) mass is 189 g/mol. The van der Waals surface area contributed by atoms with E-state index >= 15 is 0 Å². The van der Waals surface area contributed by atoms with Gasteiger partial charge in [-0.2, -0.15) is 0 Å². The first-order valence-corrected chi connectivity index (χ1v) is 5.20. The van der Waals surface area contributed by atoms with Crippen LogP contribution in [0.4, 0.5) is 0 Å². The van der Waals surface area contributed by atoms with Crippen LogP contribution < -0.4 is 0 Å². The van der Waals surface area contributed by atoms with Gasteiger partial charge in [0.2, 0.25) is 0 Å². The normalized spacial score (nSPS) is 38.0. The minimum Gasteiger partial charge on any atom is -0.266 e. The van der Waals surface area contributed by atoms with Crippen LogP contribution in [0.5, 0.6) is 0 Å². The minimum atomic E-state index is -0.0786. The summed E-state index contributed by atoms with van der Waals surface area (Å²) in [6, 6.07) is 10.5. The average Bonchev–Trinajstić information content (AvgIpc) is 2.88. The summed E-state index contributed by atoms with van der Waals surface area (Å²) in [7, 11) is 0. The summed E-state index contributed by atoms with van der Waals surface area (Å²) in [6.45, 7) is 4.48. The molecule has 0 aromatic heterocycles. The van der Waals surface area contributed by atoms with E-state index < -0.39 is 0 Å². The third kappa shape index (κ3) is 0.928. The molecular weight excluding hydrogens is 174 g/mol. The summed E-state index contributed by atoms with van der Waals surface area (Å²) in [4.78, 5) is 5.78. The largest absolute Gasteiger partial charge is 0.266 e. The van der Waals surface area contributed by atoms with Crippen LogP contribution in [0.15, 0.2) is 30.3 Å². The Morgan fingerprint density at radius 3 is 2.36 bits per heavy atom. The molecule has 2 heteroatoms. The van der Waals surface area contributed by atoms with E-state index in [9.17, 15) is 0 Å². The molecule has 2 aliphatic heterocycles. The van der Waals surface area contributed by atoms with Crippen LogP contribution in [0.3, 0.4) is 0 Å². The SMILES string of the molecule is CC1(C)CCC2(c3ccccc3)ON12. The molecule has 1 aromatic rings. The van der Waals surface area contributed by atoms with Gasteiger partial charge in [-0.1, -0.05) is 30.3 Å². The van der Waals surface area contributed by atoms with Crippen LogP contribution in [0.2, 0.25) is 0 Å². The molecule has 0 spiro atoms. The summed E-state index contributed by atoms with van der Waals surface area (Å²) in [6.07, 6.45) is 2.33. The zero-order valence-corrected chi connectivity index (χ0v) is 8.66. The first kappa shape index (κ1) is 8.45. The Morgan fingerprint density at radius 1 is 1.14 bits per heavy atom. The average molecular weight is 189 g/mol. The highest BCUT2D eigenvalue weighted by molar-refractivity contribution is 5.27. The molecule has 3 rings (SSSR count). The Kier molecular flexibility index (Phi) is 1.44. The third-order valence-corrected chi connectivity index (χ3v) is 3.39. The topological polar surface area (TPSA) is 15.5 Å². The highest BCUT2D eigenvalue weighted by Gasteiger charge is 2.67. The van der Waals surface area contributed by atoms with Crippen molar-refractivity contribution in [1.29, 1.82) is 0 Å². The summed E-state index contributed by atoms with van der Waals surface area (Å²) in [5, 5.41) is 2.15. The zero-order valence-electron chi connectivity index (χ0n) is 8.66. The lowest BCUT2D eigenvalue weighted by molar-refractivity contribution is 0.0741. The molecule has 2 heterocycles. The zero-order chi connectivity index (χ0) is 9.81. The van der Waals surface area contributed by atoms with Gasteiger partial charge in [0, 0.05) is 17.5 Å². The van der Waals surface area contributed by atoms with Gasteiger partial charge in [0.15, 0.2) is 5.72 Å². The Morgan fingerprint density at radius 2 is 1.86 bits per heavy atom. The molecule has 2 unspecified atom stereocenters. The lowest BCUT2D eigenvalue weighted by Crippen LogP contribution is -2.26. The second-order valence-corrected chi connectivity index (χ2v) is 4.85. The maximum Gasteiger partial charge on any atom is 0.190 e. The van der Waals surface area contributed by atoms with Gasteiger partial charge in [-0.25, -0.2) is 0 Å². The van der Waals surface area contributed by atoms with Gasteiger partial charge in [0.1, 0.15) is 0 Å². The third-order valence-electron chi connectivity index (χ3n) is 3.39. The highest BCUT2D eigenvalue weighted by atomic mass is 16.9. The van der Waals surface area contributed by atoms with Crippen molar-refractivity contribution in [1.82, 2.24) is 5.06 Å². The number of rotatable bonds is 1. The van der Waals surface area contributed by atoms with Crippen molar-refractivity contribution in [3.63, 3.8) is 0 Å². The van der Waals surface area contributed by atoms with Crippen LogP contribution in [-0.4, -0.2) is 10.6 Å². The first-order chi connectivity index (χ1) is 6.65. The standard InChI is InChI=1S/C12H15NO/c1-11(2)8-9-12(13(11)14-12)10-6-4-3-5-7-10/h3-7H,8-9H2,1-2H3. The van der Waals surface area contributed by atoms with Gasteiger partial charge in [-0.3, -0.25) is 4.84 Å². The fourth-order valence-corrected chi connectivity index (χ4v) is 2.48. The van der Waals surface area contributed by atoms with Gasteiger partial charge in [0.25, 0.3) is 0 Å². The van der Waals surface area contributed by atoms with E-state index in [1.807, 2.05) is 6.07 Å². The van der Waals surface area contributed by atoms with Crippen LogP contribution in [0, 0.1) is 0 Å². The molecular formula is C12H15NO. The molecule has 0 bridgehead atoms. The van der Waals surface area contributed by atoms with Gasteiger partial charge < -0.3 is 0 Å². The van der Waals surface area contributed by atoms with E-state index in [4.69, 9.17) is 4.84 Å². The van der Waals surface area contributed by atoms with Crippen LogP contribution in [0.1, 0.15) is 32.3 Å². The quantitative estimate of drug-likeness (QED) is 0.631.